The van der Waals surface area contributed by atoms with Crippen LogP contribution in [0.1, 0.15) is 41.6 Å². The molecule has 4 rings (SSSR count). The van der Waals surface area contributed by atoms with E-state index in [0.29, 0.717) is 24.0 Å². The third-order valence-electron chi connectivity index (χ3n) is 5.07. The van der Waals surface area contributed by atoms with Crippen molar-refractivity contribution in [2.75, 3.05) is 0 Å². The Labute approximate surface area is 178 Å². The van der Waals surface area contributed by atoms with Gasteiger partial charge in [-0.15, -0.1) is 13.2 Å². The topological polar surface area (TPSA) is 75.7 Å². The van der Waals surface area contributed by atoms with Gasteiger partial charge in [0.05, 0.1) is 4.90 Å². The van der Waals surface area contributed by atoms with Crippen LogP contribution >= 0.6 is 0 Å². The van der Waals surface area contributed by atoms with E-state index in [1.807, 2.05) is 0 Å². The lowest BCUT2D eigenvalue weighted by atomic mass is 10.1. The smallest absolute Gasteiger partial charge is 0.406 e. The third-order valence-corrected chi connectivity index (χ3v) is 6.96. The Kier molecular flexibility index (Phi) is 5.69. The van der Waals surface area contributed by atoms with Crippen LogP contribution in [0.3, 0.4) is 0 Å². The first-order valence-corrected chi connectivity index (χ1v) is 11.3. The van der Waals surface area contributed by atoms with E-state index in [4.69, 9.17) is 0 Å². The van der Waals surface area contributed by atoms with Crippen LogP contribution in [-0.4, -0.2) is 37.1 Å². The molecule has 1 amide bonds. The van der Waals surface area contributed by atoms with Gasteiger partial charge in [-0.25, -0.2) is 8.42 Å². The highest BCUT2D eigenvalue weighted by atomic mass is 32.2. The summed E-state index contributed by atoms with van der Waals surface area (Å²) in [6.45, 7) is 0.0574. The third kappa shape index (κ3) is 5.56. The van der Waals surface area contributed by atoms with Crippen LogP contribution in [0.2, 0.25) is 0 Å². The minimum atomic E-state index is -4.91. The molecular weight excluding hydrogens is 433 g/mol. The molecule has 0 atom stereocenters. The van der Waals surface area contributed by atoms with Crippen molar-refractivity contribution in [2.45, 2.75) is 55.6 Å². The predicted octanol–water partition coefficient (Wildman–Crippen LogP) is 3.83. The maximum atomic E-state index is 13.2. The van der Waals surface area contributed by atoms with Gasteiger partial charge >= 0.3 is 6.36 Å². The second-order valence-corrected chi connectivity index (χ2v) is 9.64. The Morgan fingerprint density at radius 1 is 1.06 bits per heavy atom. The highest BCUT2D eigenvalue weighted by Crippen LogP contribution is 2.35. The lowest BCUT2D eigenvalue weighted by Crippen LogP contribution is -2.32. The number of ether oxygens (including phenoxy) is 1. The lowest BCUT2D eigenvalue weighted by molar-refractivity contribution is -0.274. The Morgan fingerprint density at radius 3 is 2.32 bits per heavy atom. The average molecular weight is 454 g/mol. The molecule has 0 radical (unpaired) electrons. The van der Waals surface area contributed by atoms with E-state index >= 15 is 0 Å². The van der Waals surface area contributed by atoms with Crippen LogP contribution in [0, 0.1) is 0 Å². The van der Waals surface area contributed by atoms with E-state index < -0.39 is 22.1 Å². The number of amides is 1. The van der Waals surface area contributed by atoms with Crippen LogP contribution in [0.5, 0.6) is 5.75 Å². The fourth-order valence-corrected chi connectivity index (χ4v) is 4.89. The van der Waals surface area contributed by atoms with E-state index in [0.717, 1.165) is 25.0 Å². The average Bonchev–Trinajstić information content (AvgIpc) is 3.60. The van der Waals surface area contributed by atoms with Gasteiger partial charge in [0.25, 0.3) is 5.91 Å². The predicted molar refractivity (Wildman–Crippen MR) is 106 cm³/mol. The van der Waals surface area contributed by atoms with Gasteiger partial charge < -0.3 is 10.1 Å². The second kappa shape index (κ2) is 8.16. The Morgan fingerprint density at radius 2 is 1.74 bits per heavy atom. The van der Waals surface area contributed by atoms with E-state index in [1.165, 1.54) is 16.4 Å². The van der Waals surface area contributed by atoms with Gasteiger partial charge in [-0.2, -0.15) is 4.31 Å². The zero-order chi connectivity index (χ0) is 22.2. The van der Waals surface area contributed by atoms with Gasteiger partial charge in [-0.1, -0.05) is 18.2 Å². The van der Waals surface area contributed by atoms with Crippen molar-refractivity contribution in [1.82, 2.24) is 9.62 Å². The molecule has 0 spiro atoms. The van der Waals surface area contributed by atoms with Crippen molar-refractivity contribution in [1.29, 1.82) is 0 Å². The molecule has 2 saturated carbocycles. The Bertz CT molecular complexity index is 1060. The molecular formula is C21H21F3N2O4S. The summed E-state index contributed by atoms with van der Waals surface area (Å²) in [6.07, 6.45) is -1.59. The maximum Gasteiger partial charge on any atom is 0.573 e. The van der Waals surface area contributed by atoms with Gasteiger partial charge in [0, 0.05) is 30.3 Å². The molecule has 2 aromatic carbocycles. The number of carbonyl (C=O) groups is 1. The quantitative estimate of drug-likeness (QED) is 0.658. The van der Waals surface area contributed by atoms with Gasteiger partial charge in [-0.05, 0) is 55.5 Å². The number of benzene rings is 2. The van der Waals surface area contributed by atoms with Crippen LogP contribution in [0.15, 0.2) is 53.4 Å². The maximum absolute atomic E-state index is 13.2. The summed E-state index contributed by atoms with van der Waals surface area (Å²) >= 11 is 0. The number of rotatable bonds is 8. The zero-order valence-corrected chi connectivity index (χ0v) is 17.2. The molecule has 10 heteroatoms. The van der Waals surface area contributed by atoms with E-state index in [2.05, 4.69) is 10.1 Å². The number of halogens is 3. The van der Waals surface area contributed by atoms with E-state index in [1.54, 1.807) is 24.3 Å². The first kappa shape index (κ1) is 21.6. The number of sulfonamides is 1. The van der Waals surface area contributed by atoms with Crippen molar-refractivity contribution in [3.8, 4) is 5.75 Å². The number of nitrogens with one attached hydrogen (secondary N) is 1. The van der Waals surface area contributed by atoms with Crippen molar-refractivity contribution >= 4 is 15.9 Å². The van der Waals surface area contributed by atoms with Gasteiger partial charge in [0.15, 0.2) is 0 Å². The summed E-state index contributed by atoms with van der Waals surface area (Å²) in [5, 5.41) is 2.89. The SMILES string of the molecule is O=C(NC1CC1)c1ccc(CN(C2CC2)S(=O)(=O)c2cccc(OC(F)(F)F)c2)cc1. The standard InChI is InChI=1S/C21H21F3N2O4S/c22-21(23,24)30-18-2-1-3-19(12-18)31(28,29)26(17-10-11-17)13-14-4-6-15(7-5-14)20(27)25-16-8-9-16/h1-7,12,16-17H,8-11,13H2,(H,25,27). The number of carbonyl (C=O) groups excluding carboxylic acids is 1. The first-order chi connectivity index (χ1) is 14.6. The largest absolute Gasteiger partial charge is 0.573 e. The first-order valence-electron chi connectivity index (χ1n) is 9.89. The van der Waals surface area contributed by atoms with Crippen molar-refractivity contribution < 1.29 is 31.1 Å². The molecule has 0 aliphatic heterocycles. The highest BCUT2D eigenvalue weighted by Gasteiger charge is 2.39. The number of nitrogens with zero attached hydrogens (tertiary/aromatic N) is 1. The monoisotopic (exact) mass is 454 g/mol. The summed E-state index contributed by atoms with van der Waals surface area (Å²) in [4.78, 5) is 11.9. The summed E-state index contributed by atoms with van der Waals surface area (Å²) in [7, 11) is -4.04. The minimum absolute atomic E-state index is 0.0574. The fraction of sp³-hybridized carbons (Fsp3) is 0.381. The molecule has 0 bridgehead atoms. The number of hydrogen-bond acceptors (Lipinski definition) is 4. The van der Waals surface area contributed by atoms with Crippen LogP contribution in [0.4, 0.5) is 13.2 Å². The molecule has 2 aliphatic rings. The molecule has 166 valence electrons. The van der Waals surface area contributed by atoms with E-state index in [-0.39, 0.29) is 29.4 Å². The Hall–Kier alpha value is -2.59. The van der Waals surface area contributed by atoms with Crippen LogP contribution < -0.4 is 10.1 Å². The summed E-state index contributed by atoms with van der Waals surface area (Å²) in [6, 6.07) is 11.1. The molecule has 6 nitrogen and oxygen atoms in total. The number of hydrogen-bond donors (Lipinski definition) is 1. The summed E-state index contributed by atoms with van der Waals surface area (Å²) in [5.74, 6) is -0.752. The summed E-state index contributed by atoms with van der Waals surface area (Å²) in [5.41, 5.74) is 1.18. The molecule has 2 fully saturated rings. The van der Waals surface area contributed by atoms with Crippen molar-refractivity contribution in [2.24, 2.45) is 0 Å². The van der Waals surface area contributed by atoms with Crippen LogP contribution in [-0.2, 0) is 16.6 Å². The Balaban J connectivity index is 1.52. The van der Waals surface area contributed by atoms with Gasteiger partial charge in [-0.3, -0.25) is 4.79 Å². The summed E-state index contributed by atoms with van der Waals surface area (Å²) < 4.78 is 69.0. The molecule has 0 heterocycles. The molecule has 0 unspecified atom stereocenters. The number of alkyl halides is 3. The fourth-order valence-electron chi connectivity index (χ4n) is 3.18. The molecule has 31 heavy (non-hydrogen) atoms. The molecule has 0 saturated heterocycles. The van der Waals surface area contributed by atoms with Crippen LogP contribution in [0.25, 0.3) is 0 Å². The molecule has 2 aromatic rings. The zero-order valence-electron chi connectivity index (χ0n) is 16.4. The molecule has 1 N–H and O–H groups in total. The van der Waals surface area contributed by atoms with E-state index in [9.17, 15) is 26.4 Å². The minimum Gasteiger partial charge on any atom is -0.406 e. The van der Waals surface area contributed by atoms with Crippen molar-refractivity contribution in [3.63, 3.8) is 0 Å². The van der Waals surface area contributed by atoms with Crippen molar-refractivity contribution in [3.05, 3.63) is 59.7 Å². The highest BCUT2D eigenvalue weighted by molar-refractivity contribution is 7.89. The molecule has 2 aliphatic carbocycles. The normalized spacial score (nSPS) is 16.9. The van der Waals surface area contributed by atoms with Gasteiger partial charge in [0.1, 0.15) is 5.75 Å². The molecule has 0 aromatic heterocycles. The second-order valence-electron chi connectivity index (χ2n) is 7.75. The van der Waals surface area contributed by atoms with Gasteiger partial charge in [0.2, 0.25) is 10.0 Å². The lowest BCUT2D eigenvalue weighted by Gasteiger charge is -2.22.